The highest BCUT2D eigenvalue weighted by Gasteiger charge is 2.40. The predicted octanol–water partition coefficient (Wildman–Crippen LogP) is 1.30. The third-order valence-electron chi connectivity index (χ3n) is 5.13. The Bertz CT molecular complexity index is 909. The molecule has 0 saturated heterocycles. The number of pyridine rings is 1. The van der Waals surface area contributed by atoms with Crippen LogP contribution < -0.4 is 5.32 Å². The number of aliphatic hydroxyl groups is 1. The van der Waals surface area contributed by atoms with Crippen LogP contribution in [0.1, 0.15) is 33.4 Å². The highest BCUT2D eigenvalue weighted by atomic mass is 16.4. The summed E-state index contributed by atoms with van der Waals surface area (Å²) in [7, 11) is 0. The number of carboxylic acids is 1. The molecule has 7 nitrogen and oxygen atoms in total. The number of hydrogen-bond acceptors (Lipinski definition) is 5. The molecule has 1 aromatic carbocycles. The lowest BCUT2D eigenvalue weighted by Gasteiger charge is -2.31. The van der Waals surface area contributed by atoms with E-state index in [0.29, 0.717) is 18.7 Å². The predicted molar refractivity (Wildman–Crippen MR) is 96.9 cm³/mol. The fourth-order valence-corrected chi connectivity index (χ4v) is 3.62. The van der Waals surface area contributed by atoms with Gasteiger partial charge in [-0.3, -0.25) is 9.78 Å². The van der Waals surface area contributed by atoms with E-state index in [9.17, 15) is 14.7 Å². The molecule has 0 aliphatic carbocycles. The lowest BCUT2D eigenvalue weighted by atomic mass is 9.91. The highest BCUT2D eigenvalue weighted by molar-refractivity contribution is 5.87. The monoisotopic (exact) mass is 365 g/mol. The Balaban J connectivity index is 1.45. The summed E-state index contributed by atoms with van der Waals surface area (Å²) in [5.41, 5.74) is 4.08. The van der Waals surface area contributed by atoms with Crippen molar-refractivity contribution in [2.75, 3.05) is 19.7 Å². The number of benzene rings is 1. The van der Waals surface area contributed by atoms with Gasteiger partial charge >= 0.3 is 5.97 Å². The number of aliphatic hydroxyl groups excluding tert-OH is 1. The number of nitrogens with zero attached hydrogens (tertiary/aromatic N) is 2. The summed E-state index contributed by atoms with van der Waals surface area (Å²) >= 11 is 0. The molecule has 0 saturated carbocycles. The molecule has 2 aliphatic rings. The summed E-state index contributed by atoms with van der Waals surface area (Å²) in [4.78, 5) is 29.6. The number of nitrogens with one attached hydrogen (secondary N) is 1. The number of hydrogen-bond donors (Lipinski definition) is 3. The van der Waals surface area contributed by atoms with Gasteiger partial charge < -0.3 is 20.4 Å². The molecule has 4 rings (SSSR count). The zero-order chi connectivity index (χ0) is 19.0. The molecule has 1 aromatic heterocycles. The average Bonchev–Trinajstić information content (AvgIpc) is 3.00. The number of carbonyl (C=O) groups excluding carboxylic acids is 1. The minimum absolute atomic E-state index is 0.00777. The van der Waals surface area contributed by atoms with E-state index < -0.39 is 11.9 Å². The summed E-state index contributed by atoms with van der Waals surface area (Å²) in [5.74, 6) is -1.70. The first-order valence-corrected chi connectivity index (χ1v) is 8.69. The zero-order valence-corrected chi connectivity index (χ0v) is 14.5. The van der Waals surface area contributed by atoms with Crippen molar-refractivity contribution in [1.29, 1.82) is 0 Å². The van der Waals surface area contributed by atoms with Gasteiger partial charge in [-0.1, -0.05) is 18.2 Å². The number of carbonyl (C=O) groups is 2. The fraction of sp³-hybridized carbons (Fsp3) is 0.250. The first-order chi connectivity index (χ1) is 13.1. The number of aromatic nitrogens is 1. The summed E-state index contributed by atoms with van der Waals surface area (Å²) in [6, 6.07) is 10.3. The maximum absolute atomic E-state index is 12.9. The van der Waals surface area contributed by atoms with E-state index in [1.807, 2.05) is 0 Å². The largest absolute Gasteiger partial charge is 0.478 e. The number of amides is 1. The van der Waals surface area contributed by atoms with Gasteiger partial charge in [0.2, 0.25) is 5.91 Å². The Morgan fingerprint density at radius 1 is 1.22 bits per heavy atom. The van der Waals surface area contributed by atoms with Crippen molar-refractivity contribution in [3.05, 3.63) is 76.8 Å². The smallest absolute Gasteiger partial charge is 0.335 e. The van der Waals surface area contributed by atoms with Crippen LogP contribution in [0.5, 0.6) is 0 Å². The molecular weight excluding hydrogens is 346 g/mol. The molecule has 1 amide bonds. The number of rotatable bonds is 5. The van der Waals surface area contributed by atoms with E-state index in [4.69, 9.17) is 5.11 Å². The van der Waals surface area contributed by atoms with Crippen molar-refractivity contribution in [2.45, 2.75) is 12.0 Å². The van der Waals surface area contributed by atoms with Crippen molar-refractivity contribution in [1.82, 2.24) is 15.2 Å². The zero-order valence-electron chi connectivity index (χ0n) is 14.5. The maximum atomic E-state index is 12.9. The lowest BCUT2D eigenvalue weighted by Crippen LogP contribution is -2.35. The molecule has 27 heavy (non-hydrogen) atoms. The first kappa shape index (κ1) is 17.2. The molecule has 0 spiro atoms. The van der Waals surface area contributed by atoms with Crippen LogP contribution in [0.4, 0.5) is 0 Å². The van der Waals surface area contributed by atoms with Crippen LogP contribution in [-0.4, -0.2) is 51.7 Å². The fourth-order valence-electron chi connectivity index (χ4n) is 3.62. The molecule has 0 fully saturated rings. The van der Waals surface area contributed by atoms with Crippen LogP contribution in [0.25, 0.3) is 0 Å². The Kier molecular flexibility index (Phi) is 4.37. The van der Waals surface area contributed by atoms with E-state index in [2.05, 4.69) is 10.3 Å². The van der Waals surface area contributed by atoms with Gasteiger partial charge in [-0.15, -0.1) is 0 Å². The summed E-state index contributed by atoms with van der Waals surface area (Å²) in [6.07, 6.45) is 3.24. The molecular formula is C20H19N3O4. The minimum Gasteiger partial charge on any atom is -0.478 e. The Hall–Kier alpha value is -3.19. The topological polar surface area (TPSA) is 103 Å². The van der Waals surface area contributed by atoms with E-state index in [0.717, 1.165) is 16.8 Å². The molecule has 2 aliphatic heterocycles. The third-order valence-corrected chi connectivity index (χ3v) is 5.13. The first-order valence-electron chi connectivity index (χ1n) is 8.69. The standard InChI is InChI=1S/C20H19N3O4/c24-11-16(14-2-1-7-21-8-14)19(25)23-9-15-17(10-23)22-18(15)12-3-5-13(6-4-12)20(26)27/h1-8,16,18,22,24H,9-11H2,(H,26,27). The van der Waals surface area contributed by atoms with Gasteiger partial charge in [0.05, 0.1) is 30.7 Å². The minimum atomic E-state index is -0.953. The summed E-state index contributed by atoms with van der Waals surface area (Å²) in [5, 5.41) is 22.1. The van der Waals surface area contributed by atoms with E-state index in [1.54, 1.807) is 53.7 Å². The van der Waals surface area contributed by atoms with E-state index in [-0.39, 0.29) is 24.1 Å². The second-order valence-electron chi connectivity index (χ2n) is 6.72. The van der Waals surface area contributed by atoms with Gasteiger partial charge in [0.1, 0.15) is 0 Å². The molecule has 0 bridgehead atoms. The normalized spacial score (nSPS) is 19.1. The van der Waals surface area contributed by atoms with Crippen LogP contribution >= 0.6 is 0 Å². The lowest BCUT2D eigenvalue weighted by molar-refractivity contribution is -0.132. The molecule has 2 atom stereocenters. The maximum Gasteiger partial charge on any atom is 0.335 e. The quantitative estimate of drug-likeness (QED) is 0.738. The molecule has 3 heterocycles. The van der Waals surface area contributed by atoms with Crippen LogP contribution in [0, 0.1) is 0 Å². The van der Waals surface area contributed by atoms with E-state index in [1.165, 1.54) is 0 Å². The third kappa shape index (κ3) is 3.06. The highest BCUT2D eigenvalue weighted by Crippen LogP contribution is 2.38. The van der Waals surface area contributed by atoms with Crippen molar-refractivity contribution >= 4 is 11.9 Å². The summed E-state index contributed by atoms with van der Waals surface area (Å²) < 4.78 is 0. The number of carboxylic acid groups (broad SMARTS) is 1. The van der Waals surface area contributed by atoms with Crippen LogP contribution in [-0.2, 0) is 4.79 Å². The van der Waals surface area contributed by atoms with Gasteiger partial charge in [0.15, 0.2) is 0 Å². The summed E-state index contributed by atoms with van der Waals surface area (Å²) in [6.45, 7) is 0.733. The molecule has 2 aromatic rings. The van der Waals surface area contributed by atoms with Gasteiger partial charge in [-0.2, -0.15) is 0 Å². The Morgan fingerprint density at radius 3 is 2.63 bits per heavy atom. The van der Waals surface area contributed by atoms with Crippen molar-refractivity contribution in [3.8, 4) is 0 Å². The molecule has 3 N–H and O–H groups in total. The van der Waals surface area contributed by atoms with Gasteiger partial charge in [0.25, 0.3) is 0 Å². The van der Waals surface area contributed by atoms with Gasteiger partial charge in [-0.25, -0.2) is 4.79 Å². The van der Waals surface area contributed by atoms with Crippen LogP contribution in [0.2, 0.25) is 0 Å². The van der Waals surface area contributed by atoms with Crippen molar-refractivity contribution in [2.24, 2.45) is 0 Å². The Morgan fingerprint density at radius 2 is 2.00 bits per heavy atom. The number of aromatic carboxylic acids is 1. The molecule has 7 heteroatoms. The van der Waals surface area contributed by atoms with Gasteiger partial charge in [-0.05, 0) is 34.9 Å². The van der Waals surface area contributed by atoms with E-state index >= 15 is 0 Å². The second-order valence-corrected chi connectivity index (χ2v) is 6.72. The molecule has 138 valence electrons. The molecule has 0 radical (unpaired) electrons. The van der Waals surface area contributed by atoms with Crippen molar-refractivity contribution in [3.63, 3.8) is 0 Å². The van der Waals surface area contributed by atoms with Crippen LogP contribution in [0.15, 0.2) is 60.1 Å². The Labute approximate surface area is 156 Å². The average molecular weight is 365 g/mol. The van der Waals surface area contributed by atoms with Gasteiger partial charge in [0, 0.05) is 24.6 Å². The van der Waals surface area contributed by atoms with Crippen molar-refractivity contribution < 1.29 is 19.8 Å². The second kappa shape index (κ2) is 6.85. The van der Waals surface area contributed by atoms with Crippen LogP contribution in [0.3, 0.4) is 0 Å². The molecule has 2 unspecified atom stereocenters. The SMILES string of the molecule is O=C(O)c1ccc(C2NC3=C2CN(C(=O)C(CO)c2cccnc2)C3)cc1.